The zero-order valence-corrected chi connectivity index (χ0v) is 14.7. The molecule has 1 heterocycles. The monoisotopic (exact) mass is 362 g/mol. The lowest BCUT2D eigenvalue weighted by Gasteiger charge is -2.13. The number of aromatic nitrogens is 1. The van der Waals surface area contributed by atoms with E-state index in [1.807, 2.05) is 30.3 Å². The van der Waals surface area contributed by atoms with E-state index in [1.165, 1.54) is 19.2 Å². The first-order valence-electron chi connectivity index (χ1n) is 8.37. The minimum atomic E-state index is -0.959. The summed E-state index contributed by atoms with van der Waals surface area (Å²) in [6.07, 6.45) is 0.528. The van der Waals surface area contributed by atoms with Crippen LogP contribution in [0.1, 0.15) is 17.4 Å². The summed E-state index contributed by atoms with van der Waals surface area (Å²) < 4.78 is 10.8. The van der Waals surface area contributed by atoms with Gasteiger partial charge >= 0.3 is 5.97 Å². The van der Waals surface area contributed by atoms with E-state index in [0.29, 0.717) is 11.4 Å². The highest BCUT2D eigenvalue weighted by molar-refractivity contribution is 5.96. The molecule has 0 spiro atoms. The van der Waals surface area contributed by atoms with Gasteiger partial charge < -0.3 is 14.8 Å². The summed E-state index contributed by atoms with van der Waals surface area (Å²) in [7, 11) is 0. The van der Waals surface area contributed by atoms with Crippen molar-refractivity contribution < 1.29 is 19.1 Å². The highest BCUT2D eigenvalue weighted by Gasteiger charge is 2.19. The molecule has 1 N–H and O–H groups in total. The lowest BCUT2D eigenvalue weighted by atomic mass is 10.2. The Morgan fingerprint density at radius 1 is 0.889 bits per heavy atom. The molecule has 0 radical (unpaired) electrons. The Hall–Kier alpha value is -3.67. The third-order valence-corrected chi connectivity index (χ3v) is 3.63. The number of hydrogen-bond acceptors (Lipinski definition) is 5. The molecule has 0 saturated heterocycles. The van der Waals surface area contributed by atoms with Gasteiger partial charge in [0.1, 0.15) is 17.2 Å². The van der Waals surface area contributed by atoms with Crippen molar-refractivity contribution in [2.45, 2.75) is 13.0 Å². The number of carbonyl (C=O) groups excluding carboxylic acids is 2. The van der Waals surface area contributed by atoms with Gasteiger partial charge in [-0.2, -0.15) is 0 Å². The van der Waals surface area contributed by atoms with E-state index in [-0.39, 0.29) is 5.69 Å². The maximum Gasteiger partial charge on any atom is 0.357 e. The molecule has 2 aromatic carbocycles. The van der Waals surface area contributed by atoms with Gasteiger partial charge in [0.15, 0.2) is 6.10 Å². The Balaban J connectivity index is 1.55. The number of carbonyl (C=O) groups is 2. The van der Waals surface area contributed by atoms with E-state index < -0.39 is 18.0 Å². The lowest BCUT2D eigenvalue weighted by Crippen LogP contribution is -2.30. The van der Waals surface area contributed by atoms with Crippen molar-refractivity contribution in [2.75, 3.05) is 5.32 Å². The van der Waals surface area contributed by atoms with Crippen LogP contribution in [0, 0.1) is 0 Å². The molecule has 0 fully saturated rings. The van der Waals surface area contributed by atoms with Crippen molar-refractivity contribution in [3.63, 3.8) is 0 Å². The Kier molecular flexibility index (Phi) is 5.79. The molecule has 0 aliphatic heterocycles. The molecule has 1 atom stereocenters. The summed E-state index contributed by atoms with van der Waals surface area (Å²) in [5.74, 6) is 0.291. The number of para-hydroxylation sites is 1. The molecule has 136 valence electrons. The normalized spacial score (nSPS) is 11.3. The fraction of sp³-hybridized carbons (Fsp3) is 0.0952. The summed E-state index contributed by atoms with van der Waals surface area (Å²) >= 11 is 0. The molecule has 27 heavy (non-hydrogen) atoms. The van der Waals surface area contributed by atoms with E-state index in [9.17, 15) is 9.59 Å². The molecule has 0 saturated carbocycles. The highest BCUT2D eigenvalue weighted by atomic mass is 16.5. The SMILES string of the molecule is C[C@@H](OC(=O)c1ccccn1)C(=O)Nc1ccc(Oc2ccccc2)cc1. The summed E-state index contributed by atoms with van der Waals surface area (Å²) in [5, 5.41) is 2.70. The summed E-state index contributed by atoms with van der Waals surface area (Å²) in [5.41, 5.74) is 0.723. The van der Waals surface area contributed by atoms with Crippen LogP contribution in [0.3, 0.4) is 0 Å². The van der Waals surface area contributed by atoms with Crippen LogP contribution in [0.2, 0.25) is 0 Å². The second kappa shape index (κ2) is 8.62. The van der Waals surface area contributed by atoms with Crippen LogP contribution in [-0.2, 0) is 9.53 Å². The number of nitrogens with one attached hydrogen (secondary N) is 1. The largest absolute Gasteiger partial charge is 0.457 e. The minimum absolute atomic E-state index is 0.152. The van der Waals surface area contributed by atoms with Crippen LogP contribution in [0.15, 0.2) is 79.0 Å². The van der Waals surface area contributed by atoms with Gasteiger partial charge in [-0.3, -0.25) is 4.79 Å². The number of pyridine rings is 1. The molecule has 1 amide bonds. The van der Waals surface area contributed by atoms with Gasteiger partial charge in [0.05, 0.1) is 0 Å². The Morgan fingerprint density at radius 3 is 2.22 bits per heavy atom. The van der Waals surface area contributed by atoms with Gasteiger partial charge in [-0.05, 0) is 55.5 Å². The predicted octanol–water partition coefficient (Wildman–Crippen LogP) is 4.06. The van der Waals surface area contributed by atoms with Crippen LogP contribution in [0.4, 0.5) is 5.69 Å². The fourth-order valence-electron chi connectivity index (χ4n) is 2.23. The number of anilines is 1. The van der Waals surface area contributed by atoms with Crippen LogP contribution in [-0.4, -0.2) is 23.0 Å². The number of hydrogen-bond donors (Lipinski definition) is 1. The average Bonchev–Trinajstić information content (AvgIpc) is 2.71. The quantitative estimate of drug-likeness (QED) is 0.669. The molecule has 6 heteroatoms. The van der Waals surface area contributed by atoms with Crippen LogP contribution in [0.5, 0.6) is 11.5 Å². The molecule has 6 nitrogen and oxygen atoms in total. The number of benzene rings is 2. The number of amides is 1. The number of nitrogens with zero attached hydrogens (tertiary/aromatic N) is 1. The zero-order chi connectivity index (χ0) is 19.1. The number of rotatable bonds is 6. The van der Waals surface area contributed by atoms with Crippen molar-refractivity contribution in [1.29, 1.82) is 0 Å². The molecule has 0 aliphatic rings. The smallest absolute Gasteiger partial charge is 0.357 e. The van der Waals surface area contributed by atoms with Gasteiger partial charge in [0, 0.05) is 11.9 Å². The second-order valence-corrected chi connectivity index (χ2v) is 5.69. The number of esters is 1. The van der Waals surface area contributed by atoms with Gasteiger partial charge in [-0.25, -0.2) is 9.78 Å². The van der Waals surface area contributed by atoms with Crippen LogP contribution < -0.4 is 10.1 Å². The highest BCUT2D eigenvalue weighted by Crippen LogP contribution is 2.22. The van der Waals surface area contributed by atoms with Crippen molar-refractivity contribution in [3.8, 4) is 11.5 Å². The summed E-state index contributed by atoms with van der Waals surface area (Å²) in [6, 6.07) is 21.2. The Morgan fingerprint density at radius 2 is 1.56 bits per heavy atom. The van der Waals surface area contributed by atoms with Crippen molar-refractivity contribution in [3.05, 3.63) is 84.7 Å². The van der Waals surface area contributed by atoms with Gasteiger partial charge in [0.25, 0.3) is 5.91 Å². The fourth-order valence-corrected chi connectivity index (χ4v) is 2.23. The first-order valence-corrected chi connectivity index (χ1v) is 8.37. The number of ether oxygens (including phenoxy) is 2. The van der Waals surface area contributed by atoms with Crippen molar-refractivity contribution in [1.82, 2.24) is 4.98 Å². The molecular weight excluding hydrogens is 344 g/mol. The van der Waals surface area contributed by atoms with E-state index in [2.05, 4.69) is 10.3 Å². The molecule has 3 aromatic rings. The lowest BCUT2D eigenvalue weighted by molar-refractivity contribution is -0.123. The van der Waals surface area contributed by atoms with Crippen molar-refractivity contribution in [2.24, 2.45) is 0 Å². The summed E-state index contributed by atoms with van der Waals surface area (Å²) in [6.45, 7) is 1.50. The maximum absolute atomic E-state index is 12.2. The topological polar surface area (TPSA) is 77.5 Å². The van der Waals surface area contributed by atoms with E-state index in [4.69, 9.17) is 9.47 Å². The Bertz CT molecular complexity index is 896. The van der Waals surface area contributed by atoms with Crippen molar-refractivity contribution >= 4 is 17.6 Å². The van der Waals surface area contributed by atoms with E-state index >= 15 is 0 Å². The zero-order valence-electron chi connectivity index (χ0n) is 14.7. The molecule has 0 bridgehead atoms. The van der Waals surface area contributed by atoms with E-state index in [1.54, 1.807) is 36.4 Å². The molecule has 0 unspecified atom stereocenters. The van der Waals surface area contributed by atoms with Gasteiger partial charge in [-0.15, -0.1) is 0 Å². The minimum Gasteiger partial charge on any atom is -0.457 e. The first-order chi connectivity index (χ1) is 13.1. The van der Waals surface area contributed by atoms with Crippen LogP contribution in [0.25, 0.3) is 0 Å². The summed E-state index contributed by atoms with van der Waals surface area (Å²) in [4.78, 5) is 28.1. The molecular formula is C21H18N2O4. The average molecular weight is 362 g/mol. The molecule has 3 rings (SSSR count). The second-order valence-electron chi connectivity index (χ2n) is 5.69. The predicted molar refractivity (Wildman–Crippen MR) is 101 cm³/mol. The molecule has 1 aromatic heterocycles. The molecule has 0 aliphatic carbocycles. The van der Waals surface area contributed by atoms with Gasteiger partial charge in [0.2, 0.25) is 0 Å². The van der Waals surface area contributed by atoms with E-state index in [0.717, 1.165) is 5.75 Å². The standard InChI is InChI=1S/C21H18N2O4/c1-15(26-21(25)19-9-5-6-14-22-19)20(24)23-16-10-12-18(13-11-16)27-17-7-3-2-4-8-17/h2-15H,1H3,(H,23,24)/t15-/m1/s1. The van der Waals surface area contributed by atoms with Crippen LogP contribution >= 0.6 is 0 Å². The third kappa shape index (κ3) is 5.15. The Labute approximate surface area is 156 Å². The maximum atomic E-state index is 12.2. The van der Waals surface area contributed by atoms with Gasteiger partial charge in [-0.1, -0.05) is 24.3 Å². The first kappa shape index (κ1) is 18.1. The third-order valence-electron chi connectivity index (χ3n) is 3.63.